The van der Waals surface area contributed by atoms with Crippen LogP contribution in [-0.2, 0) is 6.54 Å². The lowest BCUT2D eigenvalue weighted by Gasteiger charge is -2.18. The SMILES string of the molecule is CCOc1cc(CN2CC(C)C(N)C2)cc(Cl)c1OC.Cl. The van der Waals surface area contributed by atoms with Gasteiger partial charge in [0.2, 0.25) is 0 Å². The van der Waals surface area contributed by atoms with Crippen molar-refractivity contribution in [3.05, 3.63) is 22.7 Å². The molecule has 0 aliphatic carbocycles. The Hall–Kier alpha value is -0.680. The quantitative estimate of drug-likeness (QED) is 0.899. The standard InChI is InChI=1S/C15H23ClN2O2.ClH/c1-4-20-14-6-11(5-12(16)15(14)19-3)8-18-7-10(2)13(17)9-18;/h5-6,10,13H,4,7-9,17H2,1-3H3;1H. The van der Waals surface area contributed by atoms with E-state index >= 15 is 0 Å². The van der Waals surface area contributed by atoms with Crippen molar-refractivity contribution in [2.24, 2.45) is 11.7 Å². The number of methoxy groups -OCH3 is 1. The third-order valence-electron chi connectivity index (χ3n) is 3.73. The van der Waals surface area contributed by atoms with Crippen molar-refractivity contribution in [2.75, 3.05) is 26.8 Å². The molecular formula is C15H24Cl2N2O2. The number of hydrogen-bond acceptors (Lipinski definition) is 4. The molecule has 0 spiro atoms. The van der Waals surface area contributed by atoms with Gasteiger partial charge in [0.25, 0.3) is 0 Å². The van der Waals surface area contributed by atoms with Crippen molar-refractivity contribution in [3.8, 4) is 11.5 Å². The third kappa shape index (κ3) is 4.39. The lowest BCUT2D eigenvalue weighted by atomic mass is 10.1. The van der Waals surface area contributed by atoms with E-state index in [0.29, 0.717) is 29.0 Å². The zero-order valence-electron chi connectivity index (χ0n) is 12.8. The number of nitrogens with two attached hydrogens (primary N) is 1. The first kappa shape index (κ1) is 18.4. The number of hydrogen-bond donors (Lipinski definition) is 1. The Morgan fingerprint density at radius 3 is 2.62 bits per heavy atom. The zero-order chi connectivity index (χ0) is 14.7. The molecule has 1 heterocycles. The molecule has 4 nitrogen and oxygen atoms in total. The Labute approximate surface area is 137 Å². The highest BCUT2D eigenvalue weighted by Crippen LogP contribution is 2.36. The van der Waals surface area contributed by atoms with E-state index in [1.54, 1.807) is 7.11 Å². The van der Waals surface area contributed by atoms with Crippen LogP contribution in [0.4, 0.5) is 0 Å². The van der Waals surface area contributed by atoms with Gasteiger partial charge in [-0.3, -0.25) is 4.90 Å². The molecule has 0 aromatic heterocycles. The molecule has 0 bridgehead atoms. The molecule has 2 N–H and O–H groups in total. The molecule has 0 saturated carbocycles. The smallest absolute Gasteiger partial charge is 0.179 e. The molecular weight excluding hydrogens is 311 g/mol. The molecule has 2 atom stereocenters. The summed E-state index contributed by atoms with van der Waals surface area (Å²) in [4.78, 5) is 2.35. The number of halogens is 2. The topological polar surface area (TPSA) is 47.7 Å². The van der Waals surface area contributed by atoms with Gasteiger partial charge in [-0.1, -0.05) is 18.5 Å². The number of rotatable bonds is 5. The Morgan fingerprint density at radius 1 is 1.38 bits per heavy atom. The van der Waals surface area contributed by atoms with E-state index in [0.717, 1.165) is 25.2 Å². The molecule has 2 rings (SSSR count). The van der Waals surface area contributed by atoms with Crippen LogP contribution in [-0.4, -0.2) is 37.7 Å². The van der Waals surface area contributed by atoms with Crippen LogP contribution in [0.25, 0.3) is 0 Å². The van der Waals surface area contributed by atoms with Crippen molar-refractivity contribution in [3.63, 3.8) is 0 Å². The van der Waals surface area contributed by atoms with Crippen LogP contribution in [0.3, 0.4) is 0 Å². The second-order valence-electron chi connectivity index (χ2n) is 5.38. The Morgan fingerprint density at radius 2 is 2.10 bits per heavy atom. The molecule has 0 amide bonds. The average Bonchev–Trinajstić information content (AvgIpc) is 2.68. The summed E-state index contributed by atoms with van der Waals surface area (Å²) in [7, 11) is 1.60. The Bertz CT molecular complexity index is 461. The maximum absolute atomic E-state index is 6.26. The number of nitrogens with zero attached hydrogens (tertiary/aromatic N) is 1. The minimum atomic E-state index is 0. The van der Waals surface area contributed by atoms with E-state index in [4.69, 9.17) is 26.8 Å². The molecule has 1 saturated heterocycles. The first-order valence-corrected chi connectivity index (χ1v) is 7.40. The fourth-order valence-electron chi connectivity index (χ4n) is 2.66. The third-order valence-corrected chi connectivity index (χ3v) is 4.01. The van der Waals surface area contributed by atoms with Crippen LogP contribution < -0.4 is 15.2 Å². The molecule has 0 radical (unpaired) electrons. The van der Waals surface area contributed by atoms with Gasteiger partial charge in [-0.15, -0.1) is 12.4 Å². The summed E-state index contributed by atoms with van der Waals surface area (Å²) in [5.41, 5.74) is 7.19. The van der Waals surface area contributed by atoms with Crippen molar-refractivity contribution >= 4 is 24.0 Å². The van der Waals surface area contributed by atoms with Crippen molar-refractivity contribution in [2.45, 2.75) is 26.4 Å². The fraction of sp³-hybridized carbons (Fsp3) is 0.600. The summed E-state index contributed by atoms with van der Waals surface area (Å²) in [6.45, 7) is 7.51. The van der Waals surface area contributed by atoms with E-state index in [1.165, 1.54) is 0 Å². The minimum Gasteiger partial charge on any atom is -0.491 e. The van der Waals surface area contributed by atoms with Crippen LogP contribution in [0, 0.1) is 5.92 Å². The minimum absolute atomic E-state index is 0. The summed E-state index contributed by atoms with van der Waals surface area (Å²) in [6.07, 6.45) is 0. The van der Waals surface area contributed by atoms with Gasteiger partial charge in [0.05, 0.1) is 18.7 Å². The largest absolute Gasteiger partial charge is 0.491 e. The molecule has 6 heteroatoms. The number of likely N-dealkylation sites (tertiary alicyclic amines) is 1. The first-order chi connectivity index (χ1) is 9.55. The highest BCUT2D eigenvalue weighted by atomic mass is 35.5. The molecule has 1 aromatic carbocycles. The average molecular weight is 335 g/mol. The maximum Gasteiger partial charge on any atom is 0.179 e. The van der Waals surface area contributed by atoms with Gasteiger partial charge < -0.3 is 15.2 Å². The molecule has 1 fully saturated rings. The van der Waals surface area contributed by atoms with Crippen LogP contribution in [0.2, 0.25) is 5.02 Å². The zero-order valence-corrected chi connectivity index (χ0v) is 14.3. The van der Waals surface area contributed by atoms with Crippen LogP contribution >= 0.6 is 24.0 Å². The summed E-state index contributed by atoms with van der Waals surface area (Å²) in [6, 6.07) is 4.20. The van der Waals surface area contributed by atoms with Crippen LogP contribution in [0.15, 0.2) is 12.1 Å². The summed E-state index contributed by atoms with van der Waals surface area (Å²) < 4.78 is 10.9. The van der Waals surface area contributed by atoms with Gasteiger partial charge in [-0.2, -0.15) is 0 Å². The summed E-state index contributed by atoms with van der Waals surface area (Å²) in [5.74, 6) is 1.84. The molecule has 1 aromatic rings. The van der Waals surface area contributed by atoms with Gasteiger partial charge >= 0.3 is 0 Å². The maximum atomic E-state index is 6.26. The normalized spacial score (nSPS) is 22.0. The second-order valence-corrected chi connectivity index (χ2v) is 5.78. The van der Waals surface area contributed by atoms with Gasteiger partial charge in [-0.25, -0.2) is 0 Å². The predicted molar refractivity (Wildman–Crippen MR) is 88.8 cm³/mol. The summed E-state index contributed by atoms with van der Waals surface area (Å²) >= 11 is 6.26. The van der Waals surface area contributed by atoms with Crippen molar-refractivity contribution in [1.82, 2.24) is 4.90 Å². The lowest BCUT2D eigenvalue weighted by Crippen LogP contribution is -2.28. The Balaban J connectivity index is 0.00000220. The van der Waals surface area contributed by atoms with E-state index in [2.05, 4.69) is 11.8 Å². The van der Waals surface area contributed by atoms with E-state index in [9.17, 15) is 0 Å². The van der Waals surface area contributed by atoms with Crippen molar-refractivity contribution < 1.29 is 9.47 Å². The van der Waals surface area contributed by atoms with E-state index in [-0.39, 0.29) is 18.4 Å². The summed E-state index contributed by atoms with van der Waals surface area (Å²) in [5, 5.41) is 0.588. The van der Waals surface area contributed by atoms with Gasteiger partial charge in [0, 0.05) is 25.7 Å². The van der Waals surface area contributed by atoms with Gasteiger partial charge in [0.15, 0.2) is 11.5 Å². The Kier molecular flexibility index (Phi) is 7.07. The highest BCUT2D eigenvalue weighted by molar-refractivity contribution is 6.32. The monoisotopic (exact) mass is 334 g/mol. The van der Waals surface area contributed by atoms with Gasteiger partial charge in [-0.05, 0) is 30.5 Å². The van der Waals surface area contributed by atoms with E-state index in [1.807, 2.05) is 19.1 Å². The molecule has 120 valence electrons. The number of ether oxygens (including phenoxy) is 2. The second kappa shape index (κ2) is 8.08. The molecule has 1 aliphatic heterocycles. The van der Waals surface area contributed by atoms with Crippen LogP contribution in [0.5, 0.6) is 11.5 Å². The molecule has 2 unspecified atom stereocenters. The highest BCUT2D eigenvalue weighted by Gasteiger charge is 2.26. The van der Waals surface area contributed by atoms with E-state index < -0.39 is 0 Å². The van der Waals surface area contributed by atoms with Crippen molar-refractivity contribution in [1.29, 1.82) is 0 Å². The molecule has 1 aliphatic rings. The predicted octanol–water partition coefficient (Wildman–Crippen LogP) is 2.95. The first-order valence-electron chi connectivity index (χ1n) is 7.02. The van der Waals surface area contributed by atoms with Crippen LogP contribution in [0.1, 0.15) is 19.4 Å². The fourth-order valence-corrected chi connectivity index (χ4v) is 2.97. The number of benzene rings is 1. The van der Waals surface area contributed by atoms with Gasteiger partial charge in [0.1, 0.15) is 0 Å². The molecule has 21 heavy (non-hydrogen) atoms. The lowest BCUT2D eigenvalue weighted by molar-refractivity contribution is 0.304.